The van der Waals surface area contributed by atoms with E-state index in [-0.39, 0.29) is 17.3 Å². The summed E-state index contributed by atoms with van der Waals surface area (Å²) in [5, 5.41) is 8.07. The van der Waals surface area contributed by atoms with Crippen molar-refractivity contribution in [1.29, 1.82) is 0 Å². The summed E-state index contributed by atoms with van der Waals surface area (Å²) < 4.78 is 38.0. The number of aryl methyl sites for hydroxylation is 1. The van der Waals surface area contributed by atoms with Crippen LogP contribution >= 0.6 is 11.8 Å². The van der Waals surface area contributed by atoms with Gasteiger partial charge in [0.15, 0.2) is 0 Å². The molecule has 2 aromatic rings. The molecule has 14 heteroatoms. The Morgan fingerprint density at radius 1 is 1.28 bits per heavy atom. The Hall–Kier alpha value is -2.68. The van der Waals surface area contributed by atoms with Gasteiger partial charge in [-0.25, -0.2) is 17.9 Å². The normalized spacial score (nSPS) is 25.1. The molecule has 0 bridgehead atoms. The van der Waals surface area contributed by atoms with Crippen molar-refractivity contribution in [3.63, 3.8) is 0 Å². The summed E-state index contributed by atoms with van der Waals surface area (Å²) in [4.78, 5) is 29.9. The Labute approximate surface area is 212 Å². The molecule has 192 valence electrons. The van der Waals surface area contributed by atoms with Crippen molar-refractivity contribution in [2.75, 3.05) is 6.61 Å². The highest BCUT2D eigenvalue weighted by molar-refractivity contribution is 8.18. The van der Waals surface area contributed by atoms with Crippen LogP contribution in [0.3, 0.4) is 0 Å². The Balaban J connectivity index is 1.32. The molecule has 1 N–H and O–H groups in total. The number of ether oxygens (including phenoxy) is 1. The fourth-order valence-corrected chi connectivity index (χ4v) is 8.01. The Bertz CT molecular complexity index is 1350. The average Bonchev–Trinajstić information content (AvgIpc) is 3.21. The lowest BCUT2D eigenvalue weighted by molar-refractivity contribution is -0.135. The number of hydrogen-bond donors (Lipinski definition) is 1. The summed E-state index contributed by atoms with van der Waals surface area (Å²) in [7, 11) is -2.05. The summed E-state index contributed by atoms with van der Waals surface area (Å²) in [6, 6.07) is 1.41. The Morgan fingerprint density at radius 3 is 2.78 bits per heavy atom. The maximum Gasteiger partial charge on any atom is 0.328 e. The second kappa shape index (κ2) is 8.43. The number of fused-ring (bicyclic) bond motifs is 2. The first kappa shape index (κ1) is 23.7. The third-order valence-electron chi connectivity index (χ3n) is 6.88. The van der Waals surface area contributed by atoms with E-state index in [2.05, 4.69) is 14.9 Å². The van der Waals surface area contributed by atoms with Crippen molar-refractivity contribution >= 4 is 33.7 Å². The van der Waals surface area contributed by atoms with E-state index in [1.54, 1.807) is 29.0 Å². The van der Waals surface area contributed by atoms with Gasteiger partial charge in [-0.05, 0) is 31.9 Å². The van der Waals surface area contributed by atoms with E-state index >= 15 is 0 Å². The topological polar surface area (TPSA) is 132 Å². The molecule has 2 unspecified atom stereocenters. The molecule has 4 aliphatic rings. The molecule has 2 fully saturated rings. The Kier molecular flexibility index (Phi) is 5.55. The molecule has 0 spiro atoms. The van der Waals surface area contributed by atoms with Crippen LogP contribution in [0.2, 0.25) is 0 Å². The van der Waals surface area contributed by atoms with Crippen molar-refractivity contribution in [2.24, 2.45) is 13.0 Å². The maximum atomic E-state index is 13.7. The van der Waals surface area contributed by atoms with E-state index in [0.29, 0.717) is 31.0 Å². The summed E-state index contributed by atoms with van der Waals surface area (Å²) in [5.41, 5.74) is 1.84. The van der Waals surface area contributed by atoms with E-state index < -0.39 is 38.8 Å². The summed E-state index contributed by atoms with van der Waals surface area (Å²) in [6.45, 7) is 3.71. The molecule has 1 saturated carbocycles. The van der Waals surface area contributed by atoms with Crippen LogP contribution in [-0.2, 0) is 52.8 Å². The zero-order chi connectivity index (χ0) is 25.2. The fraction of sp³-hybridized carbons (Fsp3) is 0.545. The molecular formula is C22H27N7O5S2. The smallest absolute Gasteiger partial charge is 0.328 e. The SMILES string of the molecule is Cn1cc(CN2C(=O)C3C=C(S(=O)(=O)NC4(C)CC4)SC3N(Cc3cc4n(n3)CCOC4)C2=O)cn1. The number of rotatable bonds is 7. The van der Waals surface area contributed by atoms with Gasteiger partial charge >= 0.3 is 6.03 Å². The third-order valence-corrected chi connectivity index (χ3v) is 10.4. The van der Waals surface area contributed by atoms with E-state index in [9.17, 15) is 18.0 Å². The predicted molar refractivity (Wildman–Crippen MR) is 129 cm³/mol. The molecule has 0 radical (unpaired) electrons. The summed E-state index contributed by atoms with van der Waals surface area (Å²) >= 11 is 1.04. The minimum absolute atomic E-state index is 0.0513. The Morgan fingerprint density at radius 2 is 2.08 bits per heavy atom. The average molecular weight is 534 g/mol. The van der Waals surface area contributed by atoms with E-state index in [1.807, 2.05) is 17.7 Å². The lowest BCUT2D eigenvalue weighted by Gasteiger charge is -2.41. The molecule has 3 aliphatic heterocycles. The summed E-state index contributed by atoms with van der Waals surface area (Å²) in [6.07, 6.45) is 6.39. The molecule has 36 heavy (non-hydrogen) atoms. The first-order valence-electron chi connectivity index (χ1n) is 11.8. The van der Waals surface area contributed by atoms with Gasteiger partial charge in [0.25, 0.3) is 0 Å². The molecule has 12 nitrogen and oxygen atoms in total. The van der Waals surface area contributed by atoms with Crippen LogP contribution in [0.5, 0.6) is 0 Å². The number of imide groups is 1. The molecule has 1 aliphatic carbocycles. The van der Waals surface area contributed by atoms with Gasteiger partial charge in [-0.3, -0.25) is 19.1 Å². The molecule has 0 aromatic carbocycles. The highest BCUT2D eigenvalue weighted by Gasteiger charge is 2.52. The number of hydrogen-bond acceptors (Lipinski definition) is 8. The zero-order valence-electron chi connectivity index (χ0n) is 20.0. The molecule has 5 heterocycles. The number of amides is 3. The van der Waals surface area contributed by atoms with Crippen LogP contribution < -0.4 is 4.72 Å². The van der Waals surface area contributed by atoms with E-state index in [1.165, 1.54) is 11.0 Å². The van der Waals surface area contributed by atoms with Crippen LogP contribution in [0.25, 0.3) is 0 Å². The number of aromatic nitrogens is 4. The van der Waals surface area contributed by atoms with Gasteiger partial charge in [0.1, 0.15) is 9.61 Å². The monoisotopic (exact) mass is 533 g/mol. The highest BCUT2D eigenvalue weighted by Crippen LogP contribution is 2.46. The molecule has 3 amide bonds. The third kappa shape index (κ3) is 4.25. The lowest BCUT2D eigenvalue weighted by atomic mass is 10.0. The number of nitrogens with zero attached hydrogens (tertiary/aromatic N) is 6. The van der Waals surface area contributed by atoms with Gasteiger partial charge < -0.3 is 9.64 Å². The quantitative estimate of drug-likeness (QED) is 0.560. The van der Waals surface area contributed by atoms with Crippen LogP contribution in [0, 0.1) is 5.92 Å². The number of carbonyl (C=O) groups excluding carboxylic acids is 2. The van der Waals surface area contributed by atoms with Crippen LogP contribution in [0.1, 0.15) is 36.7 Å². The van der Waals surface area contributed by atoms with Gasteiger partial charge in [0.05, 0.1) is 56.4 Å². The molecule has 1 saturated heterocycles. The van der Waals surface area contributed by atoms with Crippen LogP contribution in [0.15, 0.2) is 28.8 Å². The van der Waals surface area contributed by atoms with Crippen molar-refractivity contribution in [1.82, 2.24) is 34.1 Å². The van der Waals surface area contributed by atoms with Gasteiger partial charge in [-0.15, -0.1) is 0 Å². The van der Waals surface area contributed by atoms with Crippen LogP contribution in [0.4, 0.5) is 4.79 Å². The van der Waals surface area contributed by atoms with Gasteiger partial charge in [0, 0.05) is 24.3 Å². The standard InChI is InChI=1S/C22H27N7O5S2/c1-22(3-4-22)25-36(32,33)18-8-17-19(30)27(11-14-9-23-26(2)10-14)21(31)28(20(17)35-18)12-15-7-16-13-34-6-5-29(16)24-15/h7-10,17,20,25H,3-6,11-13H2,1-2H3. The lowest BCUT2D eigenvalue weighted by Crippen LogP contribution is -2.58. The second-order valence-corrected chi connectivity index (χ2v) is 13.0. The molecular weight excluding hydrogens is 506 g/mol. The number of carbonyl (C=O) groups is 2. The molecule has 6 rings (SSSR count). The van der Waals surface area contributed by atoms with Crippen molar-refractivity contribution in [3.8, 4) is 0 Å². The number of urea groups is 1. The minimum Gasteiger partial charge on any atom is -0.373 e. The van der Waals surface area contributed by atoms with E-state index in [0.717, 1.165) is 30.3 Å². The van der Waals surface area contributed by atoms with Gasteiger partial charge in [-0.2, -0.15) is 10.2 Å². The minimum atomic E-state index is -3.81. The first-order chi connectivity index (χ1) is 17.1. The number of nitrogens with one attached hydrogen (secondary N) is 1. The molecule has 2 atom stereocenters. The van der Waals surface area contributed by atoms with Gasteiger partial charge in [0.2, 0.25) is 15.9 Å². The van der Waals surface area contributed by atoms with Crippen molar-refractivity contribution in [2.45, 2.75) is 56.9 Å². The van der Waals surface area contributed by atoms with E-state index in [4.69, 9.17) is 4.74 Å². The van der Waals surface area contributed by atoms with Crippen molar-refractivity contribution < 1.29 is 22.7 Å². The maximum absolute atomic E-state index is 13.7. The largest absolute Gasteiger partial charge is 0.373 e. The highest BCUT2D eigenvalue weighted by atomic mass is 32.3. The first-order valence-corrected chi connectivity index (χ1v) is 14.1. The predicted octanol–water partition coefficient (Wildman–Crippen LogP) is 1.11. The summed E-state index contributed by atoms with van der Waals surface area (Å²) in [5.74, 6) is -1.21. The number of thioether (sulfide) groups is 1. The van der Waals surface area contributed by atoms with Gasteiger partial charge in [-0.1, -0.05) is 11.8 Å². The second-order valence-electron chi connectivity index (χ2n) is 9.95. The van der Waals surface area contributed by atoms with Crippen molar-refractivity contribution in [3.05, 3.63) is 45.7 Å². The number of sulfonamides is 1. The van der Waals surface area contributed by atoms with Crippen LogP contribution in [-0.4, -0.2) is 67.2 Å². The molecule has 2 aromatic heterocycles. The zero-order valence-corrected chi connectivity index (χ0v) is 21.6. The fourth-order valence-electron chi connectivity index (χ4n) is 4.71.